The molecule has 1 heterocycles. The Morgan fingerprint density at radius 2 is 1.71 bits per heavy atom. The van der Waals surface area contributed by atoms with E-state index in [2.05, 4.69) is 4.98 Å². The fourth-order valence-electron chi connectivity index (χ4n) is 2.54. The van der Waals surface area contributed by atoms with Crippen LogP contribution in [0.1, 0.15) is 11.4 Å². The second-order valence-corrected chi connectivity index (χ2v) is 5.31. The highest BCUT2D eigenvalue weighted by atomic mass is 19.4. The summed E-state index contributed by atoms with van der Waals surface area (Å²) in [4.78, 5) is 15.7. The van der Waals surface area contributed by atoms with Crippen LogP contribution in [0.5, 0.6) is 0 Å². The normalized spacial score (nSPS) is 11.8. The van der Waals surface area contributed by atoms with Gasteiger partial charge in [0.25, 0.3) is 0 Å². The van der Waals surface area contributed by atoms with Crippen molar-refractivity contribution in [1.29, 1.82) is 0 Å². The zero-order valence-corrected chi connectivity index (χ0v) is 12.3. The second-order valence-electron chi connectivity index (χ2n) is 5.31. The van der Waals surface area contributed by atoms with Gasteiger partial charge in [0, 0.05) is 6.42 Å². The molecule has 0 saturated heterocycles. The lowest BCUT2D eigenvalue weighted by molar-refractivity contribution is -0.147. The number of imidazole rings is 1. The van der Waals surface area contributed by atoms with Crippen molar-refractivity contribution in [3.8, 4) is 0 Å². The Morgan fingerprint density at radius 1 is 1.04 bits per heavy atom. The second kappa shape index (κ2) is 6.07. The van der Waals surface area contributed by atoms with E-state index in [1.807, 2.05) is 0 Å². The van der Waals surface area contributed by atoms with E-state index in [0.717, 1.165) is 4.57 Å². The number of halogens is 4. The molecule has 0 amide bonds. The molecule has 0 radical (unpaired) electrons. The maximum Gasteiger partial charge on any atom is 0.449 e. The monoisotopic (exact) mass is 336 g/mol. The van der Waals surface area contributed by atoms with Gasteiger partial charge in [0.15, 0.2) is 5.78 Å². The predicted octanol–water partition coefficient (Wildman–Crippen LogP) is 4.01. The number of hydrogen-bond donors (Lipinski definition) is 0. The third-order valence-corrected chi connectivity index (χ3v) is 3.59. The van der Waals surface area contributed by atoms with Crippen molar-refractivity contribution in [3.63, 3.8) is 0 Å². The number of alkyl halides is 3. The van der Waals surface area contributed by atoms with Crippen LogP contribution in [0.25, 0.3) is 11.0 Å². The van der Waals surface area contributed by atoms with Gasteiger partial charge in [0.2, 0.25) is 5.82 Å². The molecule has 3 aromatic rings. The molecule has 7 heteroatoms. The molecular weight excluding hydrogens is 324 g/mol. The van der Waals surface area contributed by atoms with Crippen molar-refractivity contribution in [3.05, 3.63) is 65.7 Å². The third-order valence-electron chi connectivity index (χ3n) is 3.59. The van der Waals surface area contributed by atoms with E-state index >= 15 is 0 Å². The summed E-state index contributed by atoms with van der Waals surface area (Å²) < 4.78 is 54.0. The highest BCUT2D eigenvalue weighted by molar-refractivity contribution is 5.84. The van der Waals surface area contributed by atoms with E-state index in [1.165, 1.54) is 30.3 Å². The smallest absolute Gasteiger partial charge is 0.313 e. The minimum atomic E-state index is -4.68. The van der Waals surface area contributed by atoms with Crippen LogP contribution in [0.4, 0.5) is 17.6 Å². The van der Waals surface area contributed by atoms with E-state index in [1.54, 1.807) is 18.2 Å². The number of ketones is 1. The Morgan fingerprint density at radius 3 is 2.42 bits per heavy atom. The van der Waals surface area contributed by atoms with E-state index in [-0.39, 0.29) is 23.0 Å². The third kappa shape index (κ3) is 3.15. The largest absolute Gasteiger partial charge is 0.449 e. The summed E-state index contributed by atoms with van der Waals surface area (Å²) >= 11 is 0. The van der Waals surface area contributed by atoms with E-state index < -0.39 is 30.1 Å². The predicted molar refractivity (Wildman–Crippen MR) is 79.8 cm³/mol. The van der Waals surface area contributed by atoms with Crippen molar-refractivity contribution in [2.45, 2.75) is 19.1 Å². The highest BCUT2D eigenvalue weighted by Crippen LogP contribution is 2.31. The number of fused-ring (bicyclic) bond motifs is 1. The van der Waals surface area contributed by atoms with Gasteiger partial charge >= 0.3 is 6.18 Å². The molecule has 1 aromatic heterocycles. The molecule has 0 saturated carbocycles. The number of carbonyl (C=O) groups excluding carboxylic acids is 1. The molecule has 0 bridgehead atoms. The van der Waals surface area contributed by atoms with Crippen molar-refractivity contribution >= 4 is 16.8 Å². The van der Waals surface area contributed by atoms with Crippen LogP contribution < -0.4 is 0 Å². The molecule has 0 fully saturated rings. The van der Waals surface area contributed by atoms with E-state index in [9.17, 15) is 22.4 Å². The summed E-state index contributed by atoms with van der Waals surface area (Å²) in [5.41, 5.74) is 0.524. The number of nitrogens with zero attached hydrogens (tertiary/aromatic N) is 2. The molecule has 0 N–H and O–H groups in total. The summed E-state index contributed by atoms with van der Waals surface area (Å²) in [6, 6.07) is 11.7. The number of rotatable bonds is 4. The van der Waals surface area contributed by atoms with Crippen molar-refractivity contribution < 1.29 is 22.4 Å². The standard InChI is InChI=1S/C17H12F4N2O/c18-13-6-2-1-5-11(13)9-12(24)10-23-15-8-4-3-7-14(15)22-16(23)17(19,20)21/h1-8H,9-10H2. The molecule has 0 atom stereocenters. The summed E-state index contributed by atoms with van der Waals surface area (Å²) in [5.74, 6) is -2.23. The summed E-state index contributed by atoms with van der Waals surface area (Å²) in [6.07, 6.45) is -4.96. The lowest BCUT2D eigenvalue weighted by atomic mass is 10.1. The van der Waals surface area contributed by atoms with Gasteiger partial charge in [-0.15, -0.1) is 0 Å². The molecule has 124 valence electrons. The molecule has 3 nitrogen and oxygen atoms in total. The quantitative estimate of drug-likeness (QED) is 0.675. The van der Waals surface area contributed by atoms with Gasteiger partial charge in [-0.2, -0.15) is 13.2 Å². The summed E-state index contributed by atoms with van der Waals surface area (Å²) in [5, 5.41) is 0. The number of para-hydroxylation sites is 2. The van der Waals surface area contributed by atoms with Crippen molar-refractivity contribution in [2.24, 2.45) is 0 Å². The van der Waals surface area contributed by atoms with Gasteiger partial charge in [-0.1, -0.05) is 30.3 Å². The van der Waals surface area contributed by atoms with Crippen LogP contribution in [0.2, 0.25) is 0 Å². The van der Waals surface area contributed by atoms with Crippen molar-refractivity contribution in [1.82, 2.24) is 9.55 Å². The van der Waals surface area contributed by atoms with Gasteiger partial charge in [-0.25, -0.2) is 9.37 Å². The SMILES string of the molecule is O=C(Cc1ccccc1F)Cn1c(C(F)(F)F)nc2ccccc21. The number of carbonyl (C=O) groups is 1. The fourth-order valence-corrected chi connectivity index (χ4v) is 2.54. The lowest BCUT2D eigenvalue weighted by Crippen LogP contribution is -2.20. The van der Waals surface area contributed by atoms with Gasteiger partial charge in [-0.3, -0.25) is 4.79 Å². The molecule has 0 unspecified atom stereocenters. The number of aromatic nitrogens is 2. The van der Waals surface area contributed by atoms with Gasteiger partial charge < -0.3 is 4.57 Å². The zero-order valence-electron chi connectivity index (χ0n) is 12.3. The molecule has 2 aromatic carbocycles. The number of hydrogen-bond acceptors (Lipinski definition) is 2. The average molecular weight is 336 g/mol. The molecule has 0 spiro atoms. The maximum atomic E-state index is 13.6. The Kier molecular flexibility index (Phi) is 4.09. The van der Waals surface area contributed by atoms with Crippen LogP contribution in [0.3, 0.4) is 0 Å². The Bertz CT molecular complexity index is 899. The zero-order chi connectivity index (χ0) is 17.3. The minimum Gasteiger partial charge on any atom is -0.313 e. The molecule has 0 aliphatic rings. The number of Topliss-reactive ketones (excluding diaryl/α,β-unsaturated/α-hetero) is 1. The highest BCUT2D eigenvalue weighted by Gasteiger charge is 2.37. The van der Waals surface area contributed by atoms with Crippen LogP contribution in [0.15, 0.2) is 48.5 Å². The molecule has 0 aliphatic heterocycles. The maximum absolute atomic E-state index is 13.6. The first kappa shape index (κ1) is 16.2. The summed E-state index contributed by atoms with van der Waals surface area (Å²) in [7, 11) is 0. The van der Waals surface area contributed by atoms with Gasteiger partial charge in [-0.05, 0) is 23.8 Å². The Balaban J connectivity index is 1.94. The molecule has 0 aliphatic carbocycles. The van der Waals surface area contributed by atoms with Crippen LogP contribution >= 0.6 is 0 Å². The fraction of sp³-hybridized carbons (Fsp3) is 0.176. The van der Waals surface area contributed by atoms with Crippen LogP contribution in [-0.2, 0) is 23.9 Å². The van der Waals surface area contributed by atoms with Crippen LogP contribution in [-0.4, -0.2) is 15.3 Å². The summed E-state index contributed by atoms with van der Waals surface area (Å²) in [6.45, 7) is -0.524. The van der Waals surface area contributed by atoms with Gasteiger partial charge in [0.1, 0.15) is 5.82 Å². The minimum absolute atomic E-state index is 0.153. The van der Waals surface area contributed by atoms with Gasteiger partial charge in [0.05, 0.1) is 17.6 Å². The first-order chi connectivity index (χ1) is 11.4. The first-order valence-corrected chi connectivity index (χ1v) is 7.14. The molecule has 24 heavy (non-hydrogen) atoms. The average Bonchev–Trinajstić information content (AvgIpc) is 2.89. The Hall–Kier alpha value is -2.70. The van der Waals surface area contributed by atoms with Crippen LogP contribution in [0, 0.1) is 5.82 Å². The lowest BCUT2D eigenvalue weighted by Gasteiger charge is -2.11. The number of benzene rings is 2. The molecular formula is C17H12F4N2O. The topological polar surface area (TPSA) is 34.9 Å². The van der Waals surface area contributed by atoms with E-state index in [0.29, 0.717) is 0 Å². The molecule has 3 rings (SSSR count). The van der Waals surface area contributed by atoms with E-state index in [4.69, 9.17) is 0 Å². The van der Waals surface area contributed by atoms with Crippen molar-refractivity contribution in [2.75, 3.05) is 0 Å². The Labute approximate surface area is 134 Å². The first-order valence-electron chi connectivity index (χ1n) is 7.14.